The maximum absolute atomic E-state index is 13.6. The van der Waals surface area contributed by atoms with E-state index < -0.39 is 11.5 Å². The molecule has 49 heavy (non-hydrogen) atoms. The molecule has 4 rings (SSSR count). The van der Waals surface area contributed by atoms with Crippen molar-refractivity contribution >= 4 is 24.1 Å². The zero-order chi connectivity index (χ0) is 35.2. The van der Waals surface area contributed by atoms with Crippen molar-refractivity contribution < 1.29 is 19.2 Å². The van der Waals surface area contributed by atoms with Crippen LogP contribution in [0.2, 0.25) is 0 Å². The van der Waals surface area contributed by atoms with Gasteiger partial charge in [0.25, 0.3) is 5.91 Å². The smallest absolute Gasteiger partial charge is 0.251 e. The van der Waals surface area contributed by atoms with Gasteiger partial charge in [-0.3, -0.25) is 19.2 Å². The van der Waals surface area contributed by atoms with E-state index in [1.807, 2.05) is 51.1 Å². The standard InChI is InChI=1S/C40H53N5O4/c1-40(2,3)37(44-36(47)26-41-4)39(49)42-25-34(22-21-32-15-10-14-31-13-8-9-16-35(31)32)43-38(48)33-19-17-30(18-20-33)27-45(28-46)24-23-29-11-6-5-7-12-29/h5-9,11-13,16-20,28,32,34,37,41H,10,14-15,21-27H2,1-4H3,(H,42,49)(H,43,48)(H,44,47). The van der Waals surface area contributed by atoms with Crippen LogP contribution >= 0.6 is 0 Å². The summed E-state index contributed by atoms with van der Waals surface area (Å²) in [5.41, 5.74) is 4.88. The predicted octanol–water partition coefficient (Wildman–Crippen LogP) is 4.75. The lowest BCUT2D eigenvalue weighted by Crippen LogP contribution is -2.56. The van der Waals surface area contributed by atoms with Crippen LogP contribution in [0.1, 0.15) is 85.0 Å². The van der Waals surface area contributed by atoms with Gasteiger partial charge in [-0.2, -0.15) is 0 Å². The normalized spacial score (nSPS) is 15.3. The van der Waals surface area contributed by atoms with Gasteiger partial charge in [0.15, 0.2) is 0 Å². The number of hydrogen-bond acceptors (Lipinski definition) is 5. The molecule has 0 aromatic heterocycles. The quantitative estimate of drug-likeness (QED) is 0.155. The van der Waals surface area contributed by atoms with E-state index in [1.54, 1.807) is 24.1 Å². The Hall–Kier alpha value is -4.50. The molecule has 4 amide bonds. The highest BCUT2D eigenvalue weighted by Crippen LogP contribution is 2.35. The third-order valence-electron chi connectivity index (χ3n) is 9.27. The van der Waals surface area contributed by atoms with Crippen LogP contribution in [0.3, 0.4) is 0 Å². The summed E-state index contributed by atoms with van der Waals surface area (Å²) in [6.07, 6.45) is 6.51. The minimum absolute atomic E-state index is 0.112. The maximum atomic E-state index is 13.6. The van der Waals surface area contributed by atoms with Crippen LogP contribution in [0.5, 0.6) is 0 Å². The molecule has 0 saturated carbocycles. The van der Waals surface area contributed by atoms with Crippen LogP contribution in [-0.2, 0) is 33.8 Å². The van der Waals surface area contributed by atoms with Crippen LogP contribution in [0.4, 0.5) is 0 Å². The minimum atomic E-state index is -0.735. The number of fused-ring (bicyclic) bond motifs is 1. The second-order valence-electron chi connectivity index (χ2n) is 14.2. The molecule has 9 nitrogen and oxygen atoms in total. The lowest BCUT2D eigenvalue weighted by atomic mass is 9.80. The Balaban J connectivity index is 1.41. The second-order valence-corrected chi connectivity index (χ2v) is 14.2. The highest BCUT2D eigenvalue weighted by Gasteiger charge is 2.33. The van der Waals surface area contributed by atoms with E-state index in [0.29, 0.717) is 31.0 Å². The van der Waals surface area contributed by atoms with E-state index >= 15 is 0 Å². The van der Waals surface area contributed by atoms with Gasteiger partial charge in [0.2, 0.25) is 18.2 Å². The average molecular weight is 668 g/mol. The highest BCUT2D eigenvalue weighted by molar-refractivity contribution is 5.94. The summed E-state index contributed by atoms with van der Waals surface area (Å²) in [4.78, 5) is 52.9. The van der Waals surface area contributed by atoms with E-state index in [2.05, 4.69) is 57.7 Å². The molecular weight excluding hydrogens is 614 g/mol. The molecule has 0 aliphatic heterocycles. The lowest BCUT2D eigenvalue weighted by molar-refractivity contribution is -0.131. The van der Waals surface area contributed by atoms with Crippen LogP contribution in [0, 0.1) is 5.41 Å². The molecule has 3 aromatic carbocycles. The van der Waals surface area contributed by atoms with Gasteiger partial charge >= 0.3 is 0 Å². The van der Waals surface area contributed by atoms with Crippen molar-refractivity contribution in [1.29, 1.82) is 0 Å². The molecule has 3 aromatic rings. The number of benzene rings is 3. The summed E-state index contributed by atoms with van der Waals surface area (Å²) in [7, 11) is 1.68. The van der Waals surface area contributed by atoms with E-state index in [9.17, 15) is 19.2 Å². The molecule has 0 bridgehead atoms. The first-order valence-electron chi connectivity index (χ1n) is 17.5. The second kappa shape index (κ2) is 18.3. The van der Waals surface area contributed by atoms with Crippen molar-refractivity contribution in [3.63, 3.8) is 0 Å². The summed E-state index contributed by atoms with van der Waals surface area (Å²) >= 11 is 0. The van der Waals surface area contributed by atoms with E-state index in [4.69, 9.17) is 0 Å². The zero-order valence-electron chi connectivity index (χ0n) is 29.5. The fourth-order valence-electron chi connectivity index (χ4n) is 6.51. The van der Waals surface area contributed by atoms with Crippen molar-refractivity contribution in [3.8, 4) is 0 Å². The summed E-state index contributed by atoms with van der Waals surface area (Å²) in [5.74, 6) is -0.365. The Bertz CT molecular complexity index is 1520. The number of nitrogens with zero attached hydrogens (tertiary/aromatic N) is 1. The first-order chi connectivity index (χ1) is 23.6. The number of hydrogen-bond donors (Lipinski definition) is 4. The molecule has 3 atom stereocenters. The van der Waals surface area contributed by atoms with Crippen LogP contribution < -0.4 is 21.3 Å². The fraction of sp³-hybridized carbons (Fsp3) is 0.450. The van der Waals surface area contributed by atoms with Crippen LogP contribution in [0.15, 0.2) is 78.9 Å². The van der Waals surface area contributed by atoms with Crippen molar-refractivity contribution in [3.05, 3.63) is 107 Å². The fourth-order valence-corrected chi connectivity index (χ4v) is 6.51. The number of nitrogens with one attached hydrogen (secondary N) is 4. The number of carbonyl (C=O) groups excluding carboxylic acids is 4. The average Bonchev–Trinajstić information content (AvgIpc) is 3.10. The predicted molar refractivity (Wildman–Crippen MR) is 194 cm³/mol. The number of carbonyl (C=O) groups is 4. The molecule has 4 N–H and O–H groups in total. The Morgan fingerprint density at radius 1 is 0.918 bits per heavy atom. The topological polar surface area (TPSA) is 120 Å². The third kappa shape index (κ3) is 11.6. The summed E-state index contributed by atoms with van der Waals surface area (Å²) in [5, 5.41) is 11.9. The van der Waals surface area contributed by atoms with Crippen LogP contribution in [-0.4, -0.2) is 67.8 Å². The summed E-state index contributed by atoms with van der Waals surface area (Å²) < 4.78 is 0. The molecule has 0 spiro atoms. The molecule has 1 aliphatic rings. The third-order valence-corrected chi connectivity index (χ3v) is 9.27. The summed E-state index contributed by atoms with van der Waals surface area (Å²) in [6.45, 7) is 7.15. The maximum Gasteiger partial charge on any atom is 0.251 e. The molecule has 3 unspecified atom stereocenters. The van der Waals surface area contributed by atoms with Gasteiger partial charge in [-0.05, 0) is 91.3 Å². The minimum Gasteiger partial charge on any atom is -0.352 e. The Morgan fingerprint density at radius 3 is 2.33 bits per heavy atom. The van der Waals surface area contributed by atoms with Gasteiger partial charge in [0.05, 0.1) is 6.54 Å². The number of likely N-dealkylation sites (N-methyl/N-ethyl adjacent to an activating group) is 1. The molecule has 0 saturated heterocycles. The zero-order valence-corrected chi connectivity index (χ0v) is 29.5. The molecule has 0 fully saturated rings. The number of rotatable bonds is 17. The number of aryl methyl sites for hydroxylation is 1. The summed E-state index contributed by atoms with van der Waals surface area (Å²) in [6, 6.07) is 24.9. The SMILES string of the molecule is CNCC(=O)NC(C(=O)NCC(CCC1CCCc2ccccc21)NC(=O)c1ccc(CN(C=O)CCc2ccccc2)cc1)C(C)(C)C. The van der Waals surface area contributed by atoms with Gasteiger partial charge in [-0.25, -0.2) is 0 Å². The molecule has 9 heteroatoms. The molecule has 262 valence electrons. The molecule has 0 radical (unpaired) electrons. The van der Waals surface area contributed by atoms with Crippen molar-refractivity contribution in [2.75, 3.05) is 26.7 Å². The van der Waals surface area contributed by atoms with E-state index in [-0.39, 0.29) is 36.9 Å². The van der Waals surface area contributed by atoms with Crippen molar-refractivity contribution in [1.82, 2.24) is 26.2 Å². The van der Waals surface area contributed by atoms with Gasteiger partial charge in [0.1, 0.15) is 6.04 Å². The van der Waals surface area contributed by atoms with E-state index in [0.717, 1.165) is 44.1 Å². The first kappa shape index (κ1) is 37.3. The van der Waals surface area contributed by atoms with Crippen molar-refractivity contribution in [2.45, 2.75) is 83.8 Å². The monoisotopic (exact) mass is 667 g/mol. The molecule has 1 aliphatic carbocycles. The van der Waals surface area contributed by atoms with Gasteiger partial charge in [-0.1, -0.05) is 87.5 Å². The highest BCUT2D eigenvalue weighted by atomic mass is 16.2. The van der Waals surface area contributed by atoms with Crippen molar-refractivity contribution in [2.24, 2.45) is 5.41 Å². The Morgan fingerprint density at radius 2 is 1.63 bits per heavy atom. The van der Waals surface area contributed by atoms with Gasteiger partial charge in [0, 0.05) is 31.2 Å². The Labute approximate surface area is 291 Å². The molecule has 0 heterocycles. The largest absolute Gasteiger partial charge is 0.352 e. The van der Waals surface area contributed by atoms with Gasteiger partial charge < -0.3 is 26.2 Å². The van der Waals surface area contributed by atoms with Gasteiger partial charge in [-0.15, -0.1) is 0 Å². The van der Waals surface area contributed by atoms with E-state index in [1.165, 1.54) is 16.7 Å². The number of amides is 4. The molecular formula is C40H53N5O4. The first-order valence-corrected chi connectivity index (χ1v) is 17.5. The lowest BCUT2D eigenvalue weighted by Gasteiger charge is -2.31. The Kier molecular flexibility index (Phi) is 13.9. The van der Waals surface area contributed by atoms with Crippen LogP contribution in [0.25, 0.3) is 0 Å².